The van der Waals surface area contributed by atoms with Crippen molar-refractivity contribution >= 4 is 11.3 Å². The summed E-state index contributed by atoms with van der Waals surface area (Å²) in [7, 11) is 0. The molecule has 0 atom stereocenters. The first-order valence-electron chi connectivity index (χ1n) is 7.95. The summed E-state index contributed by atoms with van der Waals surface area (Å²) in [5.74, 6) is 0.295. The summed E-state index contributed by atoms with van der Waals surface area (Å²) in [4.78, 5) is 16.0. The van der Waals surface area contributed by atoms with E-state index in [9.17, 15) is 4.79 Å². The van der Waals surface area contributed by atoms with Crippen molar-refractivity contribution in [2.75, 3.05) is 11.9 Å². The molecule has 3 rings (SSSR count). The summed E-state index contributed by atoms with van der Waals surface area (Å²) in [6.45, 7) is 9.01. The van der Waals surface area contributed by atoms with Crippen molar-refractivity contribution in [1.29, 1.82) is 0 Å². The molecule has 126 valence electrons. The van der Waals surface area contributed by atoms with Gasteiger partial charge in [0, 0.05) is 24.5 Å². The molecule has 8 nitrogen and oxygen atoms in total. The van der Waals surface area contributed by atoms with E-state index in [0.717, 1.165) is 22.8 Å². The van der Waals surface area contributed by atoms with Gasteiger partial charge in [-0.2, -0.15) is 14.6 Å². The highest BCUT2D eigenvalue weighted by atomic mass is 16.1. The van der Waals surface area contributed by atoms with Crippen molar-refractivity contribution < 1.29 is 0 Å². The Morgan fingerprint density at radius 2 is 2.04 bits per heavy atom. The third-order valence-corrected chi connectivity index (χ3v) is 3.88. The maximum Gasteiger partial charge on any atom is 0.348 e. The zero-order chi connectivity index (χ0) is 17.3. The molecule has 0 aliphatic heterocycles. The minimum absolute atomic E-state index is 0.223. The van der Waals surface area contributed by atoms with Crippen LogP contribution in [0.1, 0.15) is 36.8 Å². The van der Waals surface area contributed by atoms with Crippen molar-refractivity contribution in [3.8, 4) is 0 Å². The number of anilines is 1. The lowest BCUT2D eigenvalue weighted by Gasteiger charge is -2.13. The van der Waals surface area contributed by atoms with Gasteiger partial charge in [-0.1, -0.05) is 13.8 Å². The number of rotatable bonds is 5. The smallest absolute Gasteiger partial charge is 0.348 e. The number of hydrogen-bond donors (Lipinski definition) is 1. The number of nitrogens with one attached hydrogen (secondary N) is 1. The fourth-order valence-corrected chi connectivity index (χ4v) is 2.61. The van der Waals surface area contributed by atoms with Crippen LogP contribution in [0.3, 0.4) is 0 Å². The largest absolute Gasteiger partial charge is 0.380 e. The Labute approximate surface area is 139 Å². The fourth-order valence-electron chi connectivity index (χ4n) is 2.61. The van der Waals surface area contributed by atoms with E-state index in [0.29, 0.717) is 24.7 Å². The first kappa shape index (κ1) is 16.1. The van der Waals surface area contributed by atoms with Crippen LogP contribution in [-0.4, -0.2) is 35.9 Å². The first-order chi connectivity index (χ1) is 11.5. The van der Waals surface area contributed by atoms with E-state index in [-0.39, 0.29) is 5.69 Å². The molecule has 3 heterocycles. The molecule has 3 aromatic heterocycles. The van der Waals surface area contributed by atoms with Crippen molar-refractivity contribution in [1.82, 2.24) is 29.4 Å². The third-order valence-electron chi connectivity index (χ3n) is 3.88. The SMILES string of the molecule is Cc1cc(C)n(CCNc2cc(C(C)C)nn3cnnc23)c(=O)n1. The van der Waals surface area contributed by atoms with Gasteiger partial charge in [0.25, 0.3) is 0 Å². The molecule has 0 saturated carbocycles. The van der Waals surface area contributed by atoms with Gasteiger partial charge in [0.1, 0.15) is 6.33 Å². The number of aromatic nitrogens is 6. The molecule has 0 unspecified atom stereocenters. The van der Waals surface area contributed by atoms with Crippen molar-refractivity contribution in [3.63, 3.8) is 0 Å². The molecule has 0 aliphatic carbocycles. The van der Waals surface area contributed by atoms with Gasteiger partial charge in [-0.3, -0.25) is 4.57 Å². The lowest BCUT2D eigenvalue weighted by molar-refractivity contribution is 0.647. The third kappa shape index (κ3) is 3.12. The Hall–Kier alpha value is -2.77. The molecule has 0 saturated heterocycles. The Kier molecular flexibility index (Phi) is 4.28. The standard InChI is InChI=1S/C16H21N7O/c1-10(2)13-8-14(15-20-18-9-23(15)21-13)17-5-6-22-12(4)7-11(3)19-16(22)24/h7-10,17H,5-6H2,1-4H3. The second-order valence-electron chi connectivity index (χ2n) is 6.14. The van der Waals surface area contributed by atoms with Crippen molar-refractivity contribution in [2.24, 2.45) is 0 Å². The Balaban J connectivity index is 1.81. The zero-order valence-corrected chi connectivity index (χ0v) is 14.3. The van der Waals surface area contributed by atoms with Crippen molar-refractivity contribution in [2.45, 2.75) is 40.2 Å². The van der Waals surface area contributed by atoms with Gasteiger partial charge in [0.2, 0.25) is 5.65 Å². The first-order valence-corrected chi connectivity index (χ1v) is 7.95. The molecule has 0 fully saturated rings. The predicted octanol–water partition coefficient (Wildman–Crippen LogP) is 1.53. The predicted molar refractivity (Wildman–Crippen MR) is 91.3 cm³/mol. The highest BCUT2D eigenvalue weighted by Crippen LogP contribution is 2.19. The van der Waals surface area contributed by atoms with Gasteiger partial charge in [-0.05, 0) is 31.9 Å². The molecule has 24 heavy (non-hydrogen) atoms. The van der Waals surface area contributed by atoms with Gasteiger partial charge in [-0.15, -0.1) is 10.2 Å². The van der Waals surface area contributed by atoms with Crippen molar-refractivity contribution in [3.05, 3.63) is 46.0 Å². The normalized spacial score (nSPS) is 11.4. The molecular formula is C16H21N7O. The number of aryl methyl sites for hydroxylation is 2. The van der Waals surface area contributed by atoms with Gasteiger partial charge < -0.3 is 5.32 Å². The van der Waals surface area contributed by atoms with E-state index in [1.807, 2.05) is 26.0 Å². The van der Waals surface area contributed by atoms with E-state index in [4.69, 9.17) is 0 Å². The van der Waals surface area contributed by atoms with Gasteiger partial charge in [0.05, 0.1) is 11.4 Å². The maximum absolute atomic E-state index is 12.0. The number of hydrogen-bond acceptors (Lipinski definition) is 6. The van der Waals surface area contributed by atoms with Crippen LogP contribution in [0.2, 0.25) is 0 Å². The highest BCUT2D eigenvalue weighted by Gasteiger charge is 2.10. The minimum Gasteiger partial charge on any atom is -0.380 e. The lowest BCUT2D eigenvalue weighted by atomic mass is 10.1. The van der Waals surface area contributed by atoms with Crippen LogP contribution in [0, 0.1) is 13.8 Å². The molecule has 0 amide bonds. The Morgan fingerprint density at radius 3 is 2.75 bits per heavy atom. The Morgan fingerprint density at radius 1 is 1.25 bits per heavy atom. The molecule has 0 radical (unpaired) electrons. The molecule has 1 N–H and O–H groups in total. The van der Waals surface area contributed by atoms with Crippen LogP contribution < -0.4 is 11.0 Å². The summed E-state index contributed by atoms with van der Waals surface area (Å²) < 4.78 is 3.33. The average molecular weight is 327 g/mol. The number of fused-ring (bicyclic) bond motifs is 1. The fraction of sp³-hybridized carbons (Fsp3) is 0.438. The summed E-state index contributed by atoms with van der Waals surface area (Å²) in [5.41, 5.74) is 3.90. The van der Waals surface area contributed by atoms with Gasteiger partial charge in [-0.25, -0.2) is 4.79 Å². The summed E-state index contributed by atoms with van der Waals surface area (Å²) >= 11 is 0. The minimum atomic E-state index is -0.223. The van der Waals surface area contributed by atoms with Crippen LogP contribution in [0.4, 0.5) is 5.69 Å². The second kappa shape index (κ2) is 6.38. The van der Waals surface area contributed by atoms with E-state index >= 15 is 0 Å². The van der Waals surface area contributed by atoms with Crippen LogP contribution in [-0.2, 0) is 6.54 Å². The molecule has 0 spiro atoms. The zero-order valence-electron chi connectivity index (χ0n) is 14.3. The lowest BCUT2D eigenvalue weighted by Crippen LogP contribution is -2.28. The van der Waals surface area contributed by atoms with Crippen LogP contribution in [0.5, 0.6) is 0 Å². The summed E-state index contributed by atoms with van der Waals surface area (Å²) in [6, 6.07) is 3.89. The van der Waals surface area contributed by atoms with E-state index in [2.05, 4.69) is 39.4 Å². The highest BCUT2D eigenvalue weighted by molar-refractivity contribution is 5.66. The Bertz CT molecular complexity index is 926. The molecular weight excluding hydrogens is 306 g/mol. The monoisotopic (exact) mass is 327 g/mol. The molecule has 0 aliphatic rings. The van der Waals surface area contributed by atoms with Gasteiger partial charge in [0.15, 0.2) is 0 Å². The molecule has 8 heteroatoms. The topological polar surface area (TPSA) is 90.0 Å². The summed E-state index contributed by atoms with van der Waals surface area (Å²) in [6.07, 6.45) is 1.59. The molecule has 3 aromatic rings. The molecule has 0 aromatic carbocycles. The second-order valence-corrected chi connectivity index (χ2v) is 6.14. The van der Waals surface area contributed by atoms with E-state index in [1.54, 1.807) is 15.4 Å². The van der Waals surface area contributed by atoms with Crippen LogP contribution in [0.15, 0.2) is 23.3 Å². The maximum atomic E-state index is 12.0. The number of nitrogens with zero attached hydrogens (tertiary/aromatic N) is 6. The quantitative estimate of drug-likeness (QED) is 0.764. The summed E-state index contributed by atoms with van der Waals surface area (Å²) in [5, 5.41) is 15.8. The average Bonchev–Trinajstić information content (AvgIpc) is 2.98. The van der Waals surface area contributed by atoms with Crippen LogP contribution >= 0.6 is 0 Å². The van der Waals surface area contributed by atoms with E-state index in [1.165, 1.54) is 0 Å². The molecule has 0 bridgehead atoms. The van der Waals surface area contributed by atoms with Crippen LogP contribution in [0.25, 0.3) is 5.65 Å². The van der Waals surface area contributed by atoms with Gasteiger partial charge >= 0.3 is 5.69 Å². The van der Waals surface area contributed by atoms with E-state index < -0.39 is 0 Å².